The summed E-state index contributed by atoms with van der Waals surface area (Å²) in [5, 5.41) is 7.21. The SMILES string of the molecule is N#Cc1c(C(F)F)ncc(F)c1C(=O)Cl. The van der Waals surface area contributed by atoms with E-state index in [2.05, 4.69) is 4.98 Å². The number of hydrogen-bond acceptors (Lipinski definition) is 3. The molecule has 1 aromatic rings. The van der Waals surface area contributed by atoms with Gasteiger partial charge in [0.05, 0.1) is 17.3 Å². The number of nitrogens with zero attached hydrogens (tertiary/aromatic N) is 2. The molecule has 0 bridgehead atoms. The molecule has 0 saturated carbocycles. The van der Waals surface area contributed by atoms with Crippen LogP contribution in [0.15, 0.2) is 6.20 Å². The maximum atomic E-state index is 13.0. The summed E-state index contributed by atoms with van der Waals surface area (Å²) in [6.07, 6.45) is -2.65. The average Bonchev–Trinajstić information content (AvgIpc) is 2.15. The van der Waals surface area contributed by atoms with Gasteiger partial charge in [0.2, 0.25) is 0 Å². The predicted octanol–water partition coefficient (Wildman–Crippen LogP) is 2.41. The van der Waals surface area contributed by atoms with Gasteiger partial charge in [-0.15, -0.1) is 0 Å². The summed E-state index contributed by atoms with van der Waals surface area (Å²) in [7, 11) is 0. The first-order chi connectivity index (χ1) is 6.99. The Bertz CT molecular complexity index is 456. The van der Waals surface area contributed by atoms with Crippen molar-refractivity contribution in [3.05, 3.63) is 28.8 Å². The fourth-order valence-electron chi connectivity index (χ4n) is 0.974. The van der Waals surface area contributed by atoms with E-state index in [1.807, 2.05) is 0 Å². The van der Waals surface area contributed by atoms with Crippen molar-refractivity contribution < 1.29 is 18.0 Å². The van der Waals surface area contributed by atoms with Gasteiger partial charge >= 0.3 is 0 Å². The van der Waals surface area contributed by atoms with Crippen LogP contribution in [0.5, 0.6) is 0 Å². The zero-order chi connectivity index (χ0) is 11.6. The molecule has 0 N–H and O–H groups in total. The molecule has 0 fully saturated rings. The highest BCUT2D eigenvalue weighted by Crippen LogP contribution is 2.25. The van der Waals surface area contributed by atoms with Crippen molar-refractivity contribution in [1.82, 2.24) is 4.98 Å². The molecule has 0 unspecified atom stereocenters. The molecule has 15 heavy (non-hydrogen) atoms. The average molecular weight is 235 g/mol. The van der Waals surface area contributed by atoms with Crippen molar-refractivity contribution in [1.29, 1.82) is 5.26 Å². The summed E-state index contributed by atoms with van der Waals surface area (Å²) >= 11 is 4.97. The molecule has 1 aromatic heterocycles. The molecule has 7 heteroatoms. The second kappa shape index (κ2) is 4.28. The highest BCUT2D eigenvalue weighted by molar-refractivity contribution is 6.68. The van der Waals surface area contributed by atoms with Crippen LogP contribution in [0, 0.1) is 17.1 Å². The van der Waals surface area contributed by atoms with Gasteiger partial charge in [-0.2, -0.15) is 5.26 Å². The summed E-state index contributed by atoms with van der Waals surface area (Å²) in [4.78, 5) is 13.8. The van der Waals surface area contributed by atoms with Crippen molar-refractivity contribution in [3.8, 4) is 6.07 Å². The molecule has 3 nitrogen and oxygen atoms in total. The van der Waals surface area contributed by atoms with Gasteiger partial charge in [-0.25, -0.2) is 13.2 Å². The third-order valence-corrected chi connectivity index (χ3v) is 1.77. The number of pyridine rings is 1. The molecule has 0 aromatic carbocycles. The van der Waals surface area contributed by atoms with Gasteiger partial charge in [-0.1, -0.05) is 0 Å². The van der Waals surface area contributed by atoms with Crippen LogP contribution in [-0.4, -0.2) is 10.2 Å². The molecule has 0 aliphatic heterocycles. The van der Waals surface area contributed by atoms with Gasteiger partial charge in [-0.3, -0.25) is 9.78 Å². The van der Waals surface area contributed by atoms with Crippen LogP contribution in [-0.2, 0) is 0 Å². The van der Waals surface area contributed by atoms with Crippen LogP contribution in [0.1, 0.15) is 28.0 Å². The van der Waals surface area contributed by atoms with E-state index in [9.17, 15) is 18.0 Å². The zero-order valence-electron chi connectivity index (χ0n) is 6.97. The third-order valence-electron chi connectivity index (χ3n) is 1.58. The molecule has 78 valence electrons. The van der Waals surface area contributed by atoms with Crippen LogP contribution in [0.4, 0.5) is 13.2 Å². The molecule has 1 heterocycles. The Morgan fingerprint density at radius 1 is 1.60 bits per heavy atom. The summed E-state index contributed by atoms with van der Waals surface area (Å²) in [5.74, 6) is -1.20. The molecule has 1 rings (SSSR count). The van der Waals surface area contributed by atoms with Gasteiger partial charge in [0.1, 0.15) is 11.8 Å². The number of nitriles is 1. The molecule has 0 spiro atoms. The molecule has 0 aliphatic carbocycles. The fraction of sp³-hybridized carbons (Fsp3) is 0.125. The molecule has 0 amide bonds. The van der Waals surface area contributed by atoms with E-state index in [0.29, 0.717) is 6.20 Å². The van der Waals surface area contributed by atoms with Crippen LogP contribution >= 0.6 is 11.6 Å². The minimum atomic E-state index is -3.07. The number of aromatic nitrogens is 1. The lowest BCUT2D eigenvalue weighted by Gasteiger charge is -2.05. The van der Waals surface area contributed by atoms with Crippen molar-refractivity contribution in [2.45, 2.75) is 6.43 Å². The monoisotopic (exact) mass is 234 g/mol. The summed E-state index contributed by atoms with van der Waals surface area (Å²) in [6, 6.07) is 1.28. The van der Waals surface area contributed by atoms with E-state index in [-0.39, 0.29) is 0 Å². The lowest BCUT2D eigenvalue weighted by atomic mass is 10.1. The maximum Gasteiger partial charge on any atom is 0.281 e. The first kappa shape index (κ1) is 11.5. The van der Waals surface area contributed by atoms with E-state index < -0.39 is 34.3 Å². The number of halogens is 4. The van der Waals surface area contributed by atoms with Crippen molar-refractivity contribution >= 4 is 16.8 Å². The summed E-state index contributed by atoms with van der Waals surface area (Å²) in [5.41, 5.74) is -2.66. The van der Waals surface area contributed by atoms with Crippen molar-refractivity contribution in [2.75, 3.05) is 0 Å². The summed E-state index contributed by atoms with van der Waals surface area (Å²) in [6.45, 7) is 0. The normalized spacial score (nSPS) is 10.1. The summed E-state index contributed by atoms with van der Waals surface area (Å²) < 4.78 is 37.6. The number of alkyl halides is 2. The van der Waals surface area contributed by atoms with Crippen molar-refractivity contribution in [2.24, 2.45) is 0 Å². The predicted molar refractivity (Wildman–Crippen MR) is 44.1 cm³/mol. The van der Waals surface area contributed by atoms with Crippen LogP contribution in [0.2, 0.25) is 0 Å². The van der Waals surface area contributed by atoms with Gasteiger partial charge in [0.25, 0.3) is 11.7 Å². The highest BCUT2D eigenvalue weighted by atomic mass is 35.5. The Kier molecular flexibility index (Phi) is 3.27. The molecule has 0 atom stereocenters. The molecular formula is C8H2ClF3N2O. The fourth-order valence-corrected chi connectivity index (χ4v) is 1.16. The lowest BCUT2D eigenvalue weighted by Crippen LogP contribution is -2.06. The minimum Gasteiger partial charge on any atom is -0.275 e. The largest absolute Gasteiger partial charge is 0.281 e. The second-order valence-corrected chi connectivity index (χ2v) is 2.77. The van der Waals surface area contributed by atoms with E-state index in [0.717, 1.165) is 0 Å². The van der Waals surface area contributed by atoms with Crippen LogP contribution < -0.4 is 0 Å². The number of rotatable bonds is 2. The van der Waals surface area contributed by atoms with E-state index in [1.165, 1.54) is 6.07 Å². The Labute approximate surface area is 87.1 Å². The minimum absolute atomic E-state index is 0.429. The van der Waals surface area contributed by atoms with E-state index >= 15 is 0 Å². The van der Waals surface area contributed by atoms with Crippen LogP contribution in [0.25, 0.3) is 0 Å². The second-order valence-electron chi connectivity index (χ2n) is 2.43. The number of carbonyl (C=O) groups excluding carboxylic acids is 1. The van der Waals surface area contributed by atoms with Gasteiger partial charge in [0.15, 0.2) is 5.82 Å². The maximum absolute atomic E-state index is 13.0. The number of carbonyl (C=O) groups is 1. The standard InChI is InChI=1S/C8H2ClF3N2O/c9-7(15)5-3(1-13)6(8(11)12)14-2-4(5)10/h2,8H. The van der Waals surface area contributed by atoms with Crippen LogP contribution in [0.3, 0.4) is 0 Å². The number of hydrogen-bond donors (Lipinski definition) is 0. The third kappa shape index (κ3) is 2.07. The molecule has 0 aliphatic rings. The quantitative estimate of drug-likeness (QED) is 0.739. The molecule has 0 saturated heterocycles. The Morgan fingerprint density at radius 3 is 2.60 bits per heavy atom. The Hall–Kier alpha value is -1.61. The first-order valence-electron chi connectivity index (χ1n) is 3.55. The van der Waals surface area contributed by atoms with Gasteiger partial charge in [0, 0.05) is 0 Å². The smallest absolute Gasteiger partial charge is 0.275 e. The van der Waals surface area contributed by atoms with Gasteiger partial charge in [-0.05, 0) is 11.6 Å². The first-order valence-corrected chi connectivity index (χ1v) is 3.93. The lowest BCUT2D eigenvalue weighted by molar-refractivity contribution is 0.107. The van der Waals surface area contributed by atoms with E-state index in [4.69, 9.17) is 16.9 Å². The highest BCUT2D eigenvalue weighted by Gasteiger charge is 2.24. The topological polar surface area (TPSA) is 53.8 Å². The van der Waals surface area contributed by atoms with Crippen molar-refractivity contribution in [3.63, 3.8) is 0 Å². The van der Waals surface area contributed by atoms with Gasteiger partial charge < -0.3 is 0 Å². The molecule has 0 radical (unpaired) electrons. The molecular weight excluding hydrogens is 233 g/mol. The Balaban J connectivity index is 3.56. The zero-order valence-corrected chi connectivity index (χ0v) is 7.73. The van der Waals surface area contributed by atoms with E-state index in [1.54, 1.807) is 0 Å². The Morgan fingerprint density at radius 2 is 2.20 bits per heavy atom.